The maximum atomic E-state index is 6.58. The third-order valence-electron chi connectivity index (χ3n) is 7.21. The smallest absolute Gasteiger partial charge is 0.181 e. The van der Waals surface area contributed by atoms with E-state index in [0.29, 0.717) is 0 Å². The van der Waals surface area contributed by atoms with Crippen LogP contribution in [0.15, 0.2) is 120 Å². The van der Waals surface area contributed by atoms with Gasteiger partial charge < -0.3 is 4.42 Å². The van der Waals surface area contributed by atoms with Crippen molar-refractivity contribution in [2.75, 3.05) is 0 Å². The summed E-state index contributed by atoms with van der Waals surface area (Å²) in [5.74, 6) is 0. The fourth-order valence-corrected chi connectivity index (χ4v) is 11.0. The van der Waals surface area contributed by atoms with E-state index in [1.165, 1.54) is 48.2 Å². The summed E-state index contributed by atoms with van der Waals surface area (Å²) in [5, 5.41) is 8.08. The molecule has 1 nitrogen and oxygen atoms in total. The molecule has 5 aromatic carbocycles. The number of aryl methyl sites for hydroxylation is 1. The molecule has 0 saturated carbocycles. The zero-order valence-corrected chi connectivity index (χ0v) is 19.4. The summed E-state index contributed by atoms with van der Waals surface area (Å²) < 4.78 is 6.58. The Balaban J connectivity index is 1.72. The van der Waals surface area contributed by atoms with E-state index in [4.69, 9.17) is 4.42 Å². The second-order valence-corrected chi connectivity index (χ2v) is 12.7. The zero-order chi connectivity index (χ0) is 22.0. The average molecular weight is 439 g/mol. The molecule has 0 bridgehead atoms. The predicted octanol–water partition coefficient (Wildman–Crippen LogP) is 5.25. The first-order valence-electron chi connectivity index (χ1n) is 11.5. The number of fused-ring (bicyclic) bond motifs is 7. The van der Waals surface area contributed by atoms with Crippen LogP contribution in [0.25, 0.3) is 33.1 Å². The van der Waals surface area contributed by atoms with Crippen molar-refractivity contribution in [1.29, 1.82) is 0 Å². The summed E-state index contributed by atoms with van der Waals surface area (Å²) in [7, 11) is -2.47. The van der Waals surface area contributed by atoms with Crippen LogP contribution in [0.5, 0.6) is 0 Å². The maximum Gasteiger partial charge on any atom is 0.181 e. The molecule has 0 fully saturated rings. The summed E-state index contributed by atoms with van der Waals surface area (Å²) in [6, 6.07) is 42.3. The van der Waals surface area contributed by atoms with Gasteiger partial charge in [-0.1, -0.05) is 115 Å². The molecule has 2 heterocycles. The lowest BCUT2D eigenvalue weighted by Gasteiger charge is -2.31. The highest BCUT2D eigenvalue weighted by molar-refractivity contribution is 7.22. The molecule has 0 N–H and O–H groups in total. The SMILES string of the molecule is Cc1ccc2c(c1)-c1c(ccc3c1oc1ccccc13)[Si]2(c1ccccc1)c1ccccc1. The van der Waals surface area contributed by atoms with Gasteiger partial charge in [0, 0.05) is 16.3 Å². The van der Waals surface area contributed by atoms with Crippen LogP contribution < -0.4 is 20.7 Å². The Bertz CT molecular complexity index is 1620. The van der Waals surface area contributed by atoms with Gasteiger partial charge in [0.2, 0.25) is 0 Å². The molecule has 33 heavy (non-hydrogen) atoms. The number of furan rings is 1. The zero-order valence-electron chi connectivity index (χ0n) is 18.4. The van der Waals surface area contributed by atoms with Crippen LogP contribution in [-0.4, -0.2) is 8.07 Å². The standard InChI is InChI=1S/C31H22OSi/c1-21-16-18-28-26(20-21)30-29(19-17-25-24-14-8-9-15-27(24)32-31(25)30)33(28,22-10-4-2-5-11-22)23-12-6-3-7-13-23/h2-20H,1H3. The number of para-hydroxylation sites is 1. The van der Waals surface area contributed by atoms with Gasteiger partial charge in [0.1, 0.15) is 11.2 Å². The van der Waals surface area contributed by atoms with Crippen LogP contribution in [0.2, 0.25) is 0 Å². The summed E-state index contributed by atoms with van der Waals surface area (Å²) >= 11 is 0. The quantitative estimate of drug-likeness (QED) is 0.336. The lowest BCUT2D eigenvalue weighted by atomic mass is 10.0. The Morgan fingerprint density at radius 1 is 0.576 bits per heavy atom. The van der Waals surface area contributed by atoms with Crippen LogP contribution in [0, 0.1) is 6.92 Å². The molecular weight excluding hydrogens is 416 g/mol. The van der Waals surface area contributed by atoms with Crippen molar-refractivity contribution in [3.8, 4) is 11.1 Å². The fourth-order valence-electron chi connectivity index (χ4n) is 5.87. The number of hydrogen-bond acceptors (Lipinski definition) is 1. The minimum absolute atomic E-state index is 0.952. The van der Waals surface area contributed by atoms with Crippen LogP contribution in [0.3, 0.4) is 0 Å². The van der Waals surface area contributed by atoms with E-state index >= 15 is 0 Å². The molecule has 1 aliphatic heterocycles. The van der Waals surface area contributed by atoms with Crippen molar-refractivity contribution in [2.45, 2.75) is 6.92 Å². The first kappa shape index (κ1) is 18.7. The Morgan fingerprint density at radius 2 is 1.21 bits per heavy atom. The number of hydrogen-bond donors (Lipinski definition) is 0. The molecule has 0 radical (unpaired) electrons. The number of benzene rings is 5. The van der Waals surface area contributed by atoms with Crippen LogP contribution in [0.1, 0.15) is 5.56 Å². The molecule has 0 aliphatic carbocycles. The van der Waals surface area contributed by atoms with Crippen LogP contribution in [0.4, 0.5) is 0 Å². The normalized spacial score (nSPS) is 13.8. The Labute approximate surface area is 194 Å². The first-order chi connectivity index (χ1) is 16.3. The largest absolute Gasteiger partial charge is 0.455 e. The van der Waals surface area contributed by atoms with Gasteiger partial charge in [-0.15, -0.1) is 0 Å². The van der Waals surface area contributed by atoms with Crippen molar-refractivity contribution in [3.05, 3.63) is 121 Å². The molecule has 1 aliphatic rings. The van der Waals surface area contributed by atoms with Gasteiger partial charge in [-0.05, 0) is 39.3 Å². The second-order valence-electron chi connectivity index (χ2n) is 8.99. The van der Waals surface area contributed by atoms with Gasteiger partial charge in [0.15, 0.2) is 8.07 Å². The average Bonchev–Trinajstić information content (AvgIpc) is 3.38. The van der Waals surface area contributed by atoms with E-state index in [1.54, 1.807) is 0 Å². The van der Waals surface area contributed by atoms with E-state index < -0.39 is 8.07 Å². The van der Waals surface area contributed by atoms with E-state index in [9.17, 15) is 0 Å². The predicted molar refractivity (Wildman–Crippen MR) is 141 cm³/mol. The van der Waals surface area contributed by atoms with Crippen LogP contribution in [-0.2, 0) is 0 Å². The Kier molecular flexibility index (Phi) is 3.85. The van der Waals surface area contributed by atoms with Crippen molar-refractivity contribution >= 4 is 50.8 Å². The van der Waals surface area contributed by atoms with Crippen molar-refractivity contribution in [1.82, 2.24) is 0 Å². The van der Waals surface area contributed by atoms with Gasteiger partial charge in [0.25, 0.3) is 0 Å². The summed E-state index contributed by atoms with van der Waals surface area (Å²) in [4.78, 5) is 0. The van der Waals surface area contributed by atoms with Gasteiger partial charge in [-0.3, -0.25) is 0 Å². The summed E-state index contributed by atoms with van der Waals surface area (Å²) in [6.07, 6.45) is 0. The highest BCUT2D eigenvalue weighted by Crippen LogP contribution is 2.39. The van der Waals surface area contributed by atoms with E-state index in [-0.39, 0.29) is 0 Å². The first-order valence-corrected chi connectivity index (χ1v) is 13.5. The van der Waals surface area contributed by atoms with Gasteiger partial charge in [-0.25, -0.2) is 0 Å². The van der Waals surface area contributed by atoms with E-state index in [2.05, 4.69) is 122 Å². The van der Waals surface area contributed by atoms with Gasteiger partial charge in [-0.2, -0.15) is 0 Å². The highest BCUT2D eigenvalue weighted by Gasteiger charge is 2.49. The molecule has 7 rings (SSSR count). The summed E-state index contributed by atoms with van der Waals surface area (Å²) in [6.45, 7) is 2.19. The Hall–Kier alpha value is -3.88. The molecule has 0 saturated heterocycles. The van der Waals surface area contributed by atoms with Crippen molar-refractivity contribution < 1.29 is 4.42 Å². The van der Waals surface area contributed by atoms with Crippen molar-refractivity contribution in [3.63, 3.8) is 0 Å². The third kappa shape index (κ3) is 2.41. The lowest BCUT2D eigenvalue weighted by molar-refractivity contribution is 0.670. The topological polar surface area (TPSA) is 13.1 Å². The number of rotatable bonds is 2. The molecule has 0 amide bonds. The fraction of sp³-hybridized carbons (Fsp3) is 0.0323. The molecule has 0 spiro atoms. The minimum Gasteiger partial charge on any atom is -0.455 e. The third-order valence-corrected chi connectivity index (χ3v) is 12.1. The second kappa shape index (κ2) is 6.81. The van der Waals surface area contributed by atoms with Crippen LogP contribution >= 0.6 is 0 Å². The Morgan fingerprint density at radius 3 is 1.94 bits per heavy atom. The van der Waals surface area contributed by atoms with Crippen molar-refractivity contribution in [2.24, 2.45) is 0 Å². The lowest BCUT2D eigenvalue weighted by Crippen LogP contribution is -2.72. The maximum absolute atomic E-state index is 6.58. The molecule has 2 heteroatoms. The van der Waals surface area contributed by atoms with E-state index in [0.717, 1.165) is 11.2 Å². The molecule has 156 valence electrons. The molecular formula is C31H22OSi. The van der Waals surface area contributed by atoms with E-state index in [1.807, 2.05) is 0 Å². The highest BCUT2D eigenvalue weighted by atomic mass is 28.3. The monoisotopic (exact) mass is 438 g/mol. The van der Waals surface area contributed by atoms with Gasteiger partial charge >= 0.3 is 0 Å². The van der Waals surface area contributed by atoms with Gasteiger partial charge in [0.05, 0.1) is 0 Å². The summed E-state index contributed by atoms with van der Waals surface area (Å²) in [5.41, 5.74) is 5.85. The molecule has 0 atom stereocenters. The minimum atomic E-state index is -2.47. The molecule has 0 unspecified atom stereocenters. The molecule has 6 aromatic rings. The molecule has 1 aromatic heterocycles.